The average molecular weight is 362 g/mol. The van der Waals surface area contributed by atoms with Crippen molar-refractivity contribution in [1.82, 2.24) is 15.1 Å². The number of hydrogen-bond donors (Lipinski definition) is 1. The Bertz CT molecular complexity index is 790. The fourth-order valence-corrected chi connectivity index (χ4v) is 3.29. The molecule has 1 aromatic carbocycles. The van der Waals surface area contributed by atoms with E-state index in [1.807, 2.05) is 26.0 Å². The van der Waals surface area contributed by atoms with E-state index in [0.29, 0.717) is 34.8 Å². The van der Waals surface area contributed by atoms with Gasteiger partial charge in [-0.3, -0.25) is 14.3 Å². The number of carbonyl (C=O) groups excluding carboxylic acids is 2. The predicted octanol–water partition coefficient (Wildman–Crippen LogP) is 3.70. The van der Waals surface area contributed by atoms with E-state index < -0.39 is 17.2 Å². The number of nitrogens with one attached hydrogen (secondary N) is 1. The summed E-state index contributed by atoms with van der Waals surface area (Å²) in [5, 5.41) is 7.81. The molecule has 0 atom stereocenters. The molecule has 0 bridgehead atoms. The molecule has 0 aliphatic carbocycles. The van der Waals surface area contributed by atoms with Gasteiger partial charge < -0.3 is 5.32 Å². The highest BCUT2D eigenvalue weighted by molar-refractivity contribution is 6.43. The smallest absolute Gasteiger partial charge is 0.293 e. The molecule has 0 saturated heterocycles. The average Bonchev–Trinajstić information content (AvgIpc) is 2.85. The van der Waals surface area contributed by atoms with Gasteiger partial charge in [-0.15, -0.1) is 0 Å². The van der Waals surface area contributed by atoms with Crippen molar-refractivity contribution in [3.8, 4) is 0 Å². The van der Waals surface area contributed by atoms with Crippen molar-refractivity contribution in [3.05, 3.63) is 51.8 Å². The normalized spacial score (nSPS) is 11.4. The molecule has 0 fully saturated rings. The van der Waals surface area contributed by atoms with Gasteiger partial charge in [0.05, 0.1) is 16.8 Å². The van der Waals surface area contributed by atoms with Gasteiger partial charge >= 0.3 is 0 Å². The van der Waals surface area contributed by atoms with Crippen LogP contribution in [-0.4, -0.2) is 21.5 Å². The number of aromatic nitrogens is 2. The molecule has 0 saturated carbocycles. The fourth-order valence-electron chi connectivity index (χ4n) is 3.17. The second kappa shape index (κ2) is 7.40. The van der Waals surface area contributed by atoms with Crippen molar-refractivity contribution in [2.24, 2.45) is 7.05 Å². The van der Waals surface area contributed by atoms with Gasteiger partial charge in [-0.05, 0) is 44.4 Å². The third-order valence-electron chi connectivity index (χ3n) is 4.90. The van der Waals surface area contributed by atoms with Gasteiger partial charge in [-0.1, -0.05) is 37.6 Å². The summed E-state index contributed by atoms with van der Waals surface area (Å²) >= 11 is 5.97. The van der Waals surface area contributed by atoms with Gasteiger partial charge in [-0.2, -0.15) is 5.10 Å². The standard InChI is InChI=1S/C19H24ClN3O2/c1-6-19(7-2,14-8-10-15(20)11-9-14)21-18(25)17(24)16-12(3)22-23(5)13(16)4/h8-11H,6-7H2,1-5H3,(H,21,25). The molecule has 5 nitrogen and oxygen atoms in total. The van der Waals surface area contributed by atoms with Crippen LogP contribution in [0.1, 0.15) is 54.0 Å². The van der Waals surface area contributed by atoms with Gasteiger partial charge in [0.2, 0.25) is 0 Å². The quantitative estimate of drug-likeness (QED) is 0.630. The summed E-state index contributed by atoms with van der Waals surface area (Å²) in [6.07, 6.45) is 1.32. The molecule has 25 heavy (non-hydrogen) atoms. The molecule has 2 aromatic rings. The van der Waals surface area contributed by atoms with Crippen LogP contribution in [0.4, 0.5) is 0 Å². The first-order valence-electron chi connectivity index (χ1n) is 8.38. The maximum absolute atomic E-state index is 12.7. The lowest BCUT2D eigenvalue weighted by molar-refractivity contribution is -0.119. The van der Waals surface area contributed by atoms with Crippen LogP contribution in [0.25, 0.3) is 0 Å². The number of hydrogen-bond acceptors (Lipinski definition) is 3. The number of amides is 1. The Morgan fingerprint density at radius 3 is 2.16 bits per heavy atom. The highest BCUT2D eigenvalue weighted by Crippen LogP contribution is 2.30. The number of benzene rings is 1. The number of ketones is 1. The van der Waals surface area contributed by atoms with E-state index in [0.717, 1.165) is 5.56 Å². The minimum absolute atomic E-state index is 0.372. The Morgan fingerprint density at radius 1 is 1.16 bits per heavy atom. The SMILES string of the molecule is CCC(CC)(NC(=O)C(=O)c1c(C)nn(C)c1C)c1ccc(Cl)cc1. The minimum Gasteiger partial charge on any atom is -0.340 e. The minimum atomic E-state index is -0.613. The lowest BCUT2D eigenvalue weighted by Crippen LogP contribution is -2.48. The summed E-state index contributed by atoms with van der Waals surface area (Å²) in [5.41, 5.74) is 1.94. The van der Waals surface area contributed by atoms with Gasteiger partial charge in [0.1, 0.15) is 0 Å². The number of aryl methyl sites for hydroxylation is 2. The molecule has 0 radical (unpaired) electrons. The lowest BCUT2D eigenvalue weighted by atomic mass is 9.84. The van der Waals surface area contributed by atoms with Crippen LogP contribution >= 0.6 is 11.6 Å². The summed E-state index contributed by atoms with van der Waals surface area (Å²) in [7, 11) is 1.76. The zero-order valence-corrected chi connectivity index (χ0v) is 16.1. The summed E-state index contributed by atoms with van der Waals surface area (Å²) < 4.78 is 1.61. The molecule has 1 aromatic heterocycles. The molecule has 0 unspecified atom stereocenters. The molecule has 1 N–H and O–H groups in total. The molecule has 2 rings (SSSR count). The Morgan fingerprint density at radius 2 is 1.72 bits per heavy atom. The van der Waals surface area contributed by atoms with E-state index in [1.165, 1.54) is 0 Å². The van der Waals surface area contributed by atoms with Crippen LogP contribution in [0.15, 0.2) is 24.3 Å². The van der Waals surface area contributed by atoms with E-state index in [1.54, 1.807) is 37.7 Å². The van der Waals surface area contributed by atoms with Crippen LogP contribution in [0.5, 0.6) is 0 Å². The van der Waals surface area contributed by atoms with Crippen molar-refractivity contribution < 1.29 is 9.59 Å². The first kappa shape index (κ1) is 19.2. The Labute approximate surface area is 153 Å². The van der Waals surface area contributed by atoms with Crippen molar-refractivity contribution >= 4 is 23.3 Å². The highest BCUT2D eigenvalue weighted by atomic mass is 35.5. The highest BCUT2D eigenvalue weighted by Gasteiger charge is 2.34. The second-order valence-electron chi connectivity index (χ2n) is 6.25. The zero-order valence-electron chi connectivity index (χ0n) is 15.3. The maximum Gasteiger partial charge on any atom is 0.293 e. The third-order valence-corrected chi connectivity index (χ3v) is 5.15. The van der Waals surface area contributed by atoms with Crippen LogP contribution in [0, 0.1) is 13.8 Å². The zero-order chi connectivity index (χ0) is 18.8. The van der Waals surface area contributed by atoms with Gasteiger partial charge in [0, 0.05) is 17.8 Å². The largest absolute Gasteiger partial charge is 0.340 e. The van der Waals surface area contributed by atoms with Gasteiger partial charge in [0.25, 0.3) is 11.7 Å². The third kappa shape index (κ3) is 3.61. The predicted molar refractivity (Wildman–Crippen MR) is 98.9 cm³/mol. The molecule has 6 heteroatoms. The molecule has 0 aliphatic rings. The summed E-state index contributed by atoms with van der Waals surface area (Å²) in [6, 6.07) is 7.36. The number of nitrogens with zero attached hydrogens (tertiary/aromatic N) is 2. The molecule has 1 heterocycles. The Kier molecular flexibility index (Phi) is 5.68. The molecule has 134 valence electrons. The summed E-state index contributed by atoms with van der Waals surface area (Å²) in [5.74, 6) is -1.17. The second-order valence-corrected chi connectivity index (χ2v) is 6.69. The van der Waals surface area contributed by atoms with Crippen LogP contribution in [-0.2, 0) is 17.4 Å². The maximum atomic E-state index is 12.7. The van der Waals surface area contributed by atoms with Crippen LogP contribution < -0.4 is 5.32 Å². The Balaban J connectivity index is 2.34. The van der Waals surface area contributed by atoms with E-state index in [9.17, 15) is 9.59 Å². The van der Waals surface area contributed by atoms with Crippen molar-refractivity contribution in [2.75, 3.05) is 0 Å². The number of Topliss-reactive ketones (excluding diaryl/α,β-unsaturated/α-hetero) is 1. The van der Waals surface area contributed by atoms with E-state index in [4.69, 9.17) is 11.6 Å². The van der Waals surface area contributed by atoms with E-state index >= 15 is 0 Å². The van der Waals surface area contributed by atoms with Crippen molar-refractivity contribution in [2.45, 2.75) is 46.1 Å². The first-order chi connectivity index (χ1) is 11.8. The van der Waals surface area contributed by atoms with Gasteiger partial charge in [-0.25, -0.2) is 0 Å². The lowest BCUT2D eigenvalue weighted by Gasteiger charge is -2.33. The molecular formula is C19H24ClN3O2. The number of carbonyl (C=O) groups is 2. The molecule has 0 spiro atoms. The van der Waals surface area contributed by atoms with Crippen LogP contribution in [0.2, 0.25) is 5.02 Å². The monoisotopic (exact) mass is 361 g/mol. The molecule has 1 amide bonds. The summed E-state index contributed by atoms with van der Waals surface area (Å²) in [6.45, 7) is 7.50. The first-order valence-corrected chi connectivity index (χ1v) is 8.76. The number of halogens is 1. The van der Waals surface area contributed by atoms with Crippen molar-refractivity contribution in [3.63, 3.8) is 0 Å². The topological polar surface area (TPSA) is 64.0 Å². The summed E-state index contributed by atoms with van der Waals surface area (Å²) in [4.78, 5) is 25.4. The van der Waals surface area contributed by atoms with E-state index in [2.05, 4.69) is 10.4 Å². The molecular weight excluding hydrogens is 338 g/mol. The van der Waals surface area contributed by atoms with Crippen molar-refractivity contribution in [1.29, 1.82) is 0 Å². The van der Waals surface area contributed by atoms with E-state index in [-0.39, 0.29) is 0 Å². The Hall–Kier alpha value is -2.14. The van der Waals surface area contributed by atoms with Crippen LogP contribution in [0.3, 0.4) is 0 Å². The number of rotatable bonds is 6. The molecule has 0 aliphatic heterocycles. The van der Waals surface area contributed by atoms with Gasteiger partial charge in [0.15, 0.2) is 0 Å². The fraction of sp³-hybridized carbons (Fsp3) is 0.421.